The van der Waals surface area contributed by atoms with E-state index in [2.05, 4.69) is 10.3 Å². The first-order valence-corrected chi connectivity index (χ1v) is 10.7. The molecule has 30 heavy (non-hydrogen) atoms. The molecule has 0 bridgehead atoms. The summed E-state index contributed by atoms with van der Waals surface area (Å²) in [6.45, 7) is 2.14. The van der Waals surface area contributed by atoms with Gasteiger partial charge >= 0.3 is 5.97 Å². The van der Waals surface area contributed by atoms with Crippen LogP contribution in [0.25, 0.3) is 10.9 Å². The molecule has 3 aromatic rings. The van der Waals surface area contributed by atoms with Gasteiger partial charge in [-0.05, 0) is 36.1 Å². The predicted molar refractivity (Wildman–Crippen MR) is 117 cm³/mol. The highest BCUT2D eigenvalue weighted by molar-refractivity contribution is 7.12. The number of hydrogen-bond acceptors (Lipinski definition) is 6. The number of hydrogen-bond donors (Lipinski definition) is 1. The molecule has 3 rings (SSSR count). The van der Waals surface area contributed by atoms with Crippen LogP contribution < -0.4 is 5.32 Å². The van der Waals surface area contributed by atoms with Crippen molar-refractivity contribution in [3.63, 3.8) is 0 Å². The van der Waals surface area contributed by atoms with E-state index in [-0.39, 0.29) is 44.1 Å². The van der Waals surface area contributed by atoms with E-state index in [0.29, 0.717) is 15.6 Å². The standard InChI is InChI=1S/C22H21ClN2O4S/c1-14-4-5-15-12-16(22(23)25-17(15)11-14)13-29-21(28)8-9-24-20(27)7-6-18(26)19-3-2-10-30-19/h2-5,10-12H,6-9,13H2,1H3,(H,24,27). The van der Waals surface area contributed by atoms with E-state index in [0.717, 1.165) is 16.5 Å². The van der Waals surface area contributed by atoms with Crippen molar-refractivity contribution in [3.8, 4) is 0 Å². The summed E-state index contributed by atoms with van der Waals surface area (Å²) in [7, 11) is 0. The average Bonchev–Trinajstić information content (AvgIpc) is 3.25. The molecule has 0 spiro atoms. The van der Waals surface area contributed by atoms with Crippen molar-refractivity contribution in [1.82, 2.24) is 10.3 Å². The third-order valence-corrected chi connectivity index (χ3v) is 5.65. The molecular formula is C22H21ClN2O4S. The van der Waals surface area contributed by atoms with E-state index in [9.17, 15) is 14.4 Å². The van der Waals surface area contributed by atoms with Crippen LogP contribution in [0, 0.1) is 6.92 Å². The first-order valence-electron chi connectivity index (χ1n) is 9.47. The van der Waals surface area contributed by atoms with Crippen LogP contribution in [0.2, 0.25) is 5.15 Å². The molecule has 0 atom stereocenters. The summed E-state index contributed by atoms with van der Waals surface area (Å²) in [5.74, 6) is -0.787. The van der Waals surface area contributed by atoms with E-state index < -0.39 is 5.97 Å². The summed E-state index contributed by atoms with van der Waals surface area (Å²) in [5.41, 5.74) is 2.50. The highest BCUT2D eigenvalue weighted by Gasteiger charge is 2.12. The molecule has 0 fully saturated rings. The fourth-order valence-corrected chi connectivity index (χ4v) is 3.70. The van der Waals surface area contributed by atoms with E-state index in [1.54, 1.807) is 12.1 Å². The van der Waals surface area contributed by atoms with Crippen molar-refractivity contribution in [2.45, 2.75) is 32.8 Å². The van der Waals surface area contributed by atoms with Crippen LogP contribution >= 0.6 is 22.9 Å². The molecule has 0 unspecified atom stereocenters. The molecule has 6 nitrogen and oxygen atoms in total. The lowest BCUT2D eigenvalue weighted by Gasteiger charge is -2.09. The normalized spacial score (nSPS) is 10.7. The van der Waals surface area contributed by atoms with Gasteiger partial charge in [0.25, 0.3) is 0 Å². The molecule has 0 radical (unpaired) electrons. The number of ether oxygens (including phenoxy) is 1. The highest BCUT2D eigenvalue weighted by atomic mass is 35.5. The SMILES string of the molecule is Cc1ccc2cc(COC(=O)CCNC(=O)CCC(=O)c3cccs3)c(Cl)nc2c1. The van der Waals surface area contributed by atoms with Crippen LogP contribution in [0.1, 0.15) is 40.1 Å². The molecule has 1 N–H and O–H groups in total. The van der Waals surface area contributed by atoms with Gasteiger partial charge in [0.05, 0.1) is 16.8 Å². The minimum absolute atomic E-state index is 0.0117. The lowest BCUT2D eigenvalue weighted by atomic mass is 10.1. The molecule has 0 aliphatic rings. The van der Waals surface area contributed by atoms with Crippen LogP contribution in [-0.4, -0.2) is 29.2 Å². The largest absolute Gasteiger partial charge is 0.461 e. The number of esters is 1. The second-order valence-electron chi connectivity index (χ2n) is 6.80. The van der Waals surface area contributed by atoms with Gasteiger partial charge in [0.15, 0.2) is 5.78 Å². The maximum Gasteiger partial charge on any atom is 0.307 e. The number of aromatic nitrogens is 1. The zero-order chi connectivity index (χ0) is 21.5. The fraction of sp³-hybridized carbons (Fsp3) is 0.273. The highest BCUT2D eigenvalue weighted by Crippen LogP contribution is 2.22. The Hall–Kier alpha value is -2.77. The Kier molecular flexibility index (Phi) is 7.54. The van der Waals surface area contributed by atoms with Gasteiger partial charge in [-0.1, -0.05) is 29.8 Å². The molecule has 0 aliphatic heterocycles. The number of nitrogens with zero attached hydrogens (tertiary/aromatic N) is 1. The summed E-state index contributed by atoms with van der Waals surface area (Å²) < 4.78 is 5.24. The zero-order valence-electron chi connectivity index (χ0n) is 16.4. The molecule has 2 heterocycles. The number of fused-ring (bicyclic) bond motifs is 1. The summed E-state index contributed by atoms with van der Waals surface area (Å²) in [5, 5.41) is 5.66. The number of rotatable bonds is 9. The zero-order valence-corrected chi connectivity index (χ0v) is 18.0. The van der Waals surface area contributed by atoms with E-state index in [4.69, 9.17) is 16.3 Å². The number of carbonyl (C=O) groups excluding carboxylic acids is 3. The predicted octanol–water partition coefficient (Wildman–Crippen LogP) is 4.47. The lowest BCUT2D eigenvalue weighted by Crippen LogP contribution is -2.26. The number of halogens is 1. The second kappa shape index (κ2) is 10.3. The number of ketones is 1. The number of aryl methyl sites for hydroxylation is 1. The Labute approximate surface area is 183 Å². The maximum absolute atomic E-state index is 11.9. The number of benzene rings is 1. The minimum atomic E-state index is -0.454. The molecule has 0 saturated carbocycles. The Morgan fingerprint density at radius 2 is 1.97 bits per heavy atom. The molecule has 1 amide bonds. The molecular weight excluding hydrogens is 424 g/mol. The number of pyridine rings is 1. The van der Waals surface area contributed by atoms with Crippen LogP contribution in [0.15, 0.2) is 41.8 Å². The quantitative estimate of drug-likeness (QED) is 0.299. The number of amides is 1. The summed E-state index contributed by atoms with van der Waals surface area (Å²) >= 11 is 7.55. The van der Waals surface area contributed by atoms with Gasteiger partial charge in [-0.2, -0.15) is 0 Å². The van der Waals surface area contributed by atoms with Gasteiger partial charge in [0, 0.05) is 30.3 Å². The van der Waals surface area contributed by atoms with Gasteiger partial charge in [0.2, 0.25) is 5.91 Å². The third kappa shape index (κ3) is 6.11. The van der Waals surface area contributed by atoms with Crippen molar-refractivity contribution in [3.05, 3.63) is 62.9 Å². The average molecular weight is 445 g/mol. The van der Waals surface area contributed by atoms with Crippen LogP contribution in [0.5, 0.6) is 0 Å². The third-order valence-electron chi connectivity index (χ3n) is 4.41. The lowest BCUT2D eigenvalue weighted by molar-refractivity contribution is -0.144. The van der Waals surface area contributed by atoms with E-state index >= 15 is 0 Å². The van der Waals surface area contributed by atoms with Gasteiger partial charge < -0.3 is 10.1 Å². The summed E-state index contributed by atoms with van der Waals surface area (Å²) in [6.07, 6.45) is 0.260. The monoisotopic (exact) mass is 444 g/mol. The van der Waals surface area contributed by atoms with Crippen molar-refractivity contribution in [2.75, 3.05) is 6.54 Å². The summed E-state index contributed by atoms with van der Waals surface area (Å²) in [6, 6.07) is 11.2. The Balaban J connectivity index is 1.39. The van der Waals surface area contributed by atoms with Crippen molar-refractivity contribution < 1.29 is 19.1 Å². The van der Waals surface area contributed by atoms with Gasteiger partial charge in [-0.15, -0.1) is 11.3 Å². The fourth-order valence-electron chi connectivity index (χ4n) is 2.81. The molecule has 2 aromatic heterocycles. The van der Waals surface area contributed by atoms with E-state index in [1.165, 1.54) is 11.3 Å². The minimum Gasteiger partial charge on any atom is -0.461 e. The number of carbonyl (C=O) groups is 3. The van der Waals surface area contributed by atoms with Crippen molar-refractivity contribution in [2.24, 2.45) is 0 Å². The second-order valence-corrected chi connectivity index (χ2v) is 8.10. The van der Waals surface area contributed by atoms with Crippen LogP contribution in [-0.2, 0) is 20.9 Å². The van der Waals surface area contributed by atoms with Gasteiger partial charge in [0.1, 0.15) is 11.8 Å². The number of Topliss-reactive ketones (excluding diaryl/α,β-unsaturated/α-hetero) is 1. The number of thiophene rings is 1. The Bertz CT molecular complexity index is 1070. The Morgan fingerprint density at radius 1 is 1.13 bits per heavy atom. The van der Waals surface area contributed by atoms with Crippen LogP contribution in [0.4, 0.5) is 0 Å². The molecule has 8 heteroatoms. The van der Waals surface area contributed by atoms with Crippen molar-refractivity contribution in [1.29, 1.82) is 0 Å². The van der Waals surface area contributed by atoms with Gasteiger partial charge in [-0.25, -0.2) is 4.98 Å². The first-order chi connectivity index (χ1) is 14.4. The van der Waals surface area contributed by atoms with E-state index in [1.807, 2.05) is 36.6 Å². The van der Waals surface area contributed by atoms with Crippen LogP contribution in [0.3, 0.4) is 0 Å². The van der Waals surface area contributed by atoms with Crippen molar-refractivity contribution >= 4 is 51.5 Å². The van der Waals surface area contributed by atoms with Gasteiger partial charge in [-0.3, -0.25) is 14.4 Å². The molecule has 0 saturated heterocycles. The molecule has 156 valence electrons. The molecule has 1 aromatic carbocycles. The summed E-state index contributed by atoms with van der Waals surface area (Å²) in [4.78, 5) is 40.6. The topological polar surface area (TPSA) is 85.4 Å². The Morgan fingerprint density at radius 3 is 2.73 bits per heavy atom. The smallest absolute Gasteiger partial charge is 0.307 e. The molecule has 0 aliphatic carbocycles. The number of nitrogens with one attached hydrogen (secondary N) is 1. The first kappa shape index (κ1) is 21.9. The maximum atomic E-state index is 11.9.